The maximum atomic E-state index is 12.7. The number of hydrogen-bond acceptors (Lipinski definition) is 5. The monoisotopic (exact) mass is 413 g/mol. The first-order chi connectivity index (χ1) is 14.1. The van der Waals surface area contributed by atoms with E-state index in [1.54, 1.807) is 11.3 Å². The zero-order valence-electron chi connectivity index (χ0n) is 17.4. The highest BCUT2D eigenvalue weighted by molar-refractivity contribution is 7.14. The summed E-state index contributed by atoms with van der Waals surface area (Å²) < 4.78 is 5.80. The second-order valence-corrected chi connectivity index (χ2v) is 9.48. The molecule has 2 atom stereocenters. The third-order valence-electron chi connectivity index (χ3n) is 5.73. The summed E-state index contributed by atoms with van der Waals surface area (Å²) in [4.78, 5) is 21.8. The predicted molar refractivity (Wildman–Crippen MR) is 118 cm³/mol. The van der Waals surface area contributed by atoms with E-state index in [2.05, 4.69) is 41.2 Å². The molecule has 6 heteroatoms. The van der Waals surface area contributed by atoms with E-state index in [1.165, 1.54) is 36.1 Å². The molecule has 2 aromatic rings. The van der Waals surface area contributed by atoms with Crippen LogP contribution < -0.4 is 10.2 Å². The Bertz CT molecular complexity index is 798. The number of anilines is 1. The Hall–Kier alpha value is -1.92. The van der Waals surface area contributed by atoms with Crippen molar-refractivity contribution < 1.29 is 9.53 Å². The quantitative estimate of drug-likeness (QED) is 0.810. The molecule has 0 bridgehead atoms. The molecule has 1 fully saturated rings. The molecule has 156 valence electrons. The third-order valence-corrected chi connectivity index (χ3v) is 6.96. The van der Waals surface area contributed by atoms with Gasteiger partial charge in [-0.05, 0) is 62.8 Å². The number of rotatable bonds is 4. The highest BCUT2D eigenvalue weighted by atomic mass is 32.1. The van der Waals surface area contributed by atoms with Gasteiger partial charge < -0.3 is 15.0 Å². The third kappa shape index (κ3) is 5.17. The average molecular weight is 414 g/mol. The zero-order valence-corrected chi connectivity index (χ0v) is 18.3. The van der Waals surface area contributed by atoms with Gasteiger partial charge in [-0.15, -0.1) is 11.3 Å². The number of nitrogens with zero attached hydrogens (tertiary/aromatic N) is 2. The molecular formula is C23H31N3O2S. The van der Waals surface area contributed by atoms with Crippen LogP contribution in [-0.4, -0.2) is 36.2 Å². The molecule has 2 aromatic heterocycles. The minimum Gasteiger partial charge on any atom is -0.372 e. The minimum atomic E-state index is 0.0293. The van der Waals surface area contributed by atoms with Crippen molar-refractivity contribution in [2.24, 2.45) is 0 Å². The normalized spacial score (nSPS) is 22.5. The summed E-state index contributed by atoms with van der Waals surface area (Å²) in [5.74, 6) is 1.00. The van der Waals surface area contributed by atoms with Gasteiger partial charge in [-0.2, -0.15) is 0 Å². The first kappa shape index (κ1) is 20.4. The van der Waals surface area contributed by atoms with Crippen molar-refractivity contribution in [3.8, 4) is 0 Å². The fourth-order valence-corrected chi connectivity index (χ4v) is 5.47. The van der Waals surface area contributed by atoms with Crippen LogP contribution in [0.15, 0.2) is 24.4 Å². The van der Waals surface area contributed by atoms with E-state index in [-0.39, 0.29) is 18.1 Å². The number of hydrogen-bond donors (Lipinski definition) is 1. The summed E-state index contributed by atoms with van der Waals surface area (Å²) >= 11 is 1.68. The van der Waals surface area contributed by atoms with E-state index in [0.717, 1.165) is 42.2 Å². The van der Waals surface area contributed by atoms with Crippen molar-refractivity contribution in [3.05, 3.63) is 45.3 Å². The van der Waals surface area contributed by atoms with Crippen LogP contribution in [-0.2, 0) is 24.1 Å². The molecule has 4 rings (SSSR count). The SMILES string of the molecule is CC1CN(c2ccc(CNC(=O)c3cc4c(s3)CCCCCC4)cn2)CC(C)O1. The fraction of sp³-hybridized carbons (Fsp3) is 0.565. The smallest absolute Gasteiger partial charge is 0.261 e. The fourth-order valence-electron chi connectivity index (χ4n) is 4.30. The van der Waals surface area contributed by atoms with Crippen LogP contribution in [0.1, 0.15) is 65.2 Å². The summed E-state index contributed by atoms with van der Waals surface area (Å²) in [5, 5.41) is 3.07. The number of carbonyl (C=O) groups excluding carboxylic acids is 1. The maximum Gasteiger partial charge on any atom is 0.261 e. The topological polar surface area (TPSA) is 54.5 Å². The van der Waals surface area contributed by atoms with Gasteiger partial charge in [0, 0.05) is 30.7 Å². The lowest BCUT2D eigenvalue weighted by molar-refractivity contribution is -0.00546. The molecule has 0 radical (unpaired) electrons. The van der Waals surface area contributed by atoms with E-state index in [4.69, 9.17) is 4.74 Å². The maximum absolute atomic E-state index is 12.7. The Morgan fingerprint density at radius 2 is 1.93 bits per heavy atom. The number of carbonyl (C=O) groups is 1. The molecule has 29 heavy (non-hydrogen) atoms. The molecular weight excluding hydrogens is 382 g/mol. The molecule has 1 saturated heterocycles. The minimum absolute atomic E-state index is 0.0293. The van der Waals surface area contributed by atoms with Gasteiger partial charge in [-0.25, -0.2) is 4.98 Å². The highest BCUT2D eigenvalue weighted by Crippen LogP contribution is 2.28. The largest absolute Gasteiger partial charge is 0.372 e. The van der Waals surface area contributed by atoms with E-state index in [1.807, 2.05) is 12.3 Å². The van der Waals surface area contributed by atoms with Crippen molar-refractivity contribution in [2.45, 2.75) is 71.1 Å². The number of fused-ring (bicyclic) bond motifs is 1. The second-order valence-electron chi connectivity index (χ2n) is 8.34. The van der Waals surface area contributed by atoms with E-state index in [0.29, 0.717) is 6.54 Å². The number of aromatic nitrogens is 1. The van der Waals surface area contributed by atoms with Gasteiger partial charge in [0.25, 0.3) is 5.91 Å². The Labute approximate surface area is 177 Å². The highest BCUT2D eigenvalue weighted by Gasteiger charge is 2.23. The lowest BCUT2D eigenvalue weighted by Gasteiger charge is -2.36. The van der Waals surface area contributed by atoms with Gasteiger partial charge >= 0.3 is 0 Å². The van der Waals surface area contributed by atoms with Crippen LogP contribution >= 0.6 is 11.3 Å². The van der Waals surface area contributed by atoms with Crippen molar-refractivity contribution >= 4 is 23.1 Å². The molecule has 0 aromatic carbocycles. The number of nitrogens with one attached hydrogen (secondary N) is 1. The summed E-state index contributed by atoms with van der Waals surface area (Å²) in [6.07, 6.45) is 9.63. The van der Waals surface area contributed by atoms with Crippen molar-refractivity contribution in [2.75, 3.05) is 18.0 Å². The first-order valence-electron chi connectivity index (χ1n) is 10.8. The standard InChI is InChI=1S/C23H31N3O2S/c1-16-14-26(15-17(2)28-16)22-10-9-18(12-24-22)13-25-23(27)21-11-19-7-5-3-4-6-8-20(19)29-21/h9-12,16-17H,3-8,13-15H2,1-2H3,(H,25,27). The van der Waals surface area contributed by atoms with Gasteiger partial charge in [0.1, 0.15) is 5.82 Å². The number of pyridine rings is 1. The molecule has 1 aliphatic carbocycles. The number of aryl methyl sites for hydroxylation is 2. The van der Waals surface area contributed by atoms with Gasteiger partial charge in [-0.3, -0.25) is 4.79 Å². The molecule has 1 amide bonds. The predicted octanol–water partition coefficient (Wildman–Crippen LogP) is 4.35. The Morgan fingerprint density at radius 1 is 1.17 bits per heavy atom. The summed E-state index contributed by atoms with van der Waals surface area (Å²) in [6.45, 7) is 6.41. The molecule has 0 saturated carbocycles. The molecule has 1 aliphatic heterocycles. The van der Waals surface area contributed by atoms with Crippen LogP contribution in [0.2, 0.25) is 0 Å². The van der Waals surface area contributed by atoms with E-state index < -0.39 is 0 Å². The summed E-state index contributed by atoms with van der Waals surface area (Å²) in [7, 11) is 0. The lowest BCUT2D eigenvalue weighted by atomic mass is 10.00. The van der Waals surface area contributed by atoms with Crippen LogP contribution in [0.5, 0.6) is 0 Å². The number of ether oxygens (including phenoxy) is 1. The van der Waals surface area contributed by atoms with Crippen LogP contribution in [0.25, 0.3) is 0 Å². The van der Waals surface area contributed by atoms with Crippen molar-refractivity contribution in [1.29, 1.82) is 0 Å². The van der Waals surface area contributed by atoms with E-state index in [9.17, 15) is 4.79 Å². The summed E-state index contributed by atoms with van der Waals surface area (Å²) in [6, 6.07) is 6.22. The van der Waals surface area contributed by atoms with Gasteiger partial charge in [0.2, 0.25) is 0 Å². The Balaban J connectivity index is 1.34. The number of amides is 1. The molecule has 5 nitrogen and oxygen atoms in total. The Kier molecular flexibility index (Phi) is 6.50. The molecule has 2 unspecified atom stereocenters. The Morgan fingerprint density at radius 3 is 2.66 bits per heavy atom. The molecule has 0 spiro atoms. The molecule has 2 aliphatic rings. The second kappa shape index (κ2) is 9.26. The van der Waals surface area contributed by atoms with Crippen LogP contribution in [0, 0.1) is 0 Å². The van der Waals surface area contributed by atoms with Crippen molar-refractivity contribution in [3.63, 3.8) is 0 Å². The summed E-state index contributed by atoms with van der Waals surface area (Å²) in [5.41, 5.74) is 2.41. The first-order valence-corrected chi connectivity index (χ1v) is 11.7. The average Bonchev–Trinajstić information content (AvgIpc) is 3.08. The van der Waals surface area contributed by atoms with Gasteiger partial charge in [0.05, 0.1) is 17.1 Å². The molecule has 1 N–H and O–H groups in total. The van der Waals surface area contributed by atoms with Crippen LogP contribution in [0.3, 0.4) is 0 Å². The van der Waals surface area contributed by atoms with Crippen molar-refractivity contribution in [1.82, 2.24) is 10.3 Å². The molecule has 3 heterocycles. The zero-order chi connectivity index (χ0) is 20.2. The number of thiophene rings is 1. The lowest BCUT2D eigenvalue weighted by Crippen LogP contribution is -2.45. The van der Waals surface area contributed by atoms with Crippen LogP contribution in [0.4, 0.5) is 5.82 Å². The van der Waals surface area contributed by atoms with Gasteiger partial charge in [-0.1, -0.05) is 18.9 Å². The number of morpholine rings is 1. The van der Waals surface area contributed by atoms with Gasteiger partial charge in [0.15, 0.2) is 0 Å². The van der Waals surface area contributed by atoms with E-state index >= 15 is 0 Å².